The molecule has 0 amide bonds. The number of rotatable bonds is 4. The Labute approximate surface area is 110 Å². The van der Waals surface area contributed by atoms with Crippen molar-refractivity contribution in [1.82, 2.24) is 5.16 Å². The van der Waals surface area contributed by atoms with E-state index in [1.807, 2.05) is 32.9 Å². The number of carbonyl (C=O) groups is 1. The van der Waals surface area contributed by atoms with E-state index in [1.165, 1.54) is 6.20 Å². The van der Waals surface area contributed by atoms with E-state index in [4.69, 9.17) is 14.4 Å². The fourth-order valence-electron chi connectivity index (χ4n) is 1.93. The van der Waals surface area contributed by atoms with Gasteiger partial charge in [0.05, 0.1) is 12.8 Å². The number of aromatic carboxylic acids is 1. The molecule has 19 heavy (non-hydrogen) atoms. The van der Waals surface area contributed by atoms with Crippen LogP contribution >= 0.6 is 0 Å². The van der Waals surface area contributed by atoms with E-state index in [1.54, 1.807) is 0 Å². The topological polar surface area (TPSA) is 72.6 Å². The maximum atomic E-state index is 11.1. The first kappa shape index (κ1) is 13.1. The summed E-state index contributed by atoms with van der Waals surface area (Å²) < 4.78 is 10.6. The van der Waals surface area contributed by atoms with Gasteiger partial charge in [0.2, 0.25) is 0 Å². The molecule has 0 aliphatic rings. The second-order valence-corrected chi connectivity index (χ2v) is 4.24. The Balaban J connectivity index is 2.54. The van der Waals surface area contributed by atoms with Crippen molar-refractivity contribution in [2.24, 2.45) is 0 Å². The largest absolute Gasteiger partial charge is 0.494 e. The van der Waals surface area contributed by atoms with Crippen LogP contribution in [0, 0.1) is 13.8 Å². The first-order valence-electron chi connectivity index (χ1n) is 5.97. The summed E-state index contributed by atoms with van der Waals surface area (Å²) in [6.07, 6.45) is 1.21. The van der Waals surface area contributed by atoms with E-state index in [9.17, 15) is 4.79 Å². The molecule has 5 nitrogen and oxygen atoms in total. The highest BCUT2D eigenvalue weighted by Crippen LogP contribution is 2.32. The molecule has 1 aromatic heterocycles. The molecule has 0 spiro atoms. The van der Waals surface area contributed by atoms with Crippen LogP contribution in [0.25, 0.3) is 11.3 Å². The van der Waals surface area contributed by atoms with Crippen molar-refractivity contribution in [2.75, 3.05) is 6.61 Å². The van der Waals surface area contributed by atoms with Gasteiger partial charge in [-0.05, 0) is 44.0 Å². The van der Waals surface area contributed by atoms with Gasteiger partial charge >= 0.3 is 5.97 Å². The number of hydrogen-bond acceptors (Lipinski definition) is 4. The zero-order valence-corrected chi connectivity index (χ0v) is 11.1. The van der Waals surface area contributed by atoms with Crippen LogP contribution in [-0.2, 0) is 0 Å². The van der Waals surface area contributed by atoms with Crippen molar-refractivity contribution in [3.05, 3.63) is 35.0 Å². The Kier molecular flexibility index (Phi) is 3.55. The number of aryl methyl sites for hydroxylation is 2. The first-order valence-corrected chi connectivity index (χ1v) is 5.97. The minimum absolute atomic E-state index is 0.0617. The van der Waals surface area contributed by atoms with Gasteiger partial charge in [0.15, 0.2) is 5.76 Å². The number of hydrogen-bond donors (Lipinski definition) is 1. The van der Waals surface area contributed by atoms with Crippen LogP contribution < -0.4 is 4.74 Å². The second kappa shape index (κ2) is 5.14. The Hall–Kier alpha value is -2.30. The highest BCUT2D eigenvalue weighted by Gasteiger charge is 2.19. The Morgan fingerprint density at radius 1 is 1.37 bits per heavy atom. The molecule has 0 aliphatic carbocycles. The lowest BCUT2D eigenvalue weighted by atomic mass is 10.0. The van der Waals surface area contributed by atoms with Crippen molar-refractivity contribution in [1.29, 1.82) is 0 Å². The zero-order chi connectivity index (χ0) is 14.0. The highest BCUT2D eigenvalue weighted by atomic mass is 16.5. The van der Waals surface area contributed by atoms with E-state index in [0.717, 1.165) is 22.4 Å². The van der Waals surface area contributed by atoms with E-state index in [0.29, 0.717) is 6.61 Å². The van der Waals surface area contributed by atoms with Crippen LogP contribution in [0.2, 0.25) is 0 Å². The fourth-order valence-corrected chi connectivity index (χ4v) is 1.93. The lowest BCUT2D eigenvalue weighted by Crippen LogP contribution is -1.99. The molecular formula is C14H15NO4. The van der Waals surface area contributed by atoms with Crippen LogP contribution in [0.15, 0.2) is 22.9 Å². The molecule has 100 valence electrons. The molecule has 1 heterocycles. The third-order valence-electron chi connectivity index (χ3n) is 2.87. The Bertz CT molecular complexity index is 616. The molecule has 0 bridgehead atoms. The van der Waals surface area contributed by atoms with Gasteiger partial charge in [-0.2, -0.15) is 0 Å². The molecule has 5 heteroatoms. The predicted octanol–water partition coefficient (Wildman–Crippen LogP) is 3.06. The molecule has 1 N–H and O–H groups in total. The van der Waals surface area contributed by atoms with Gasteiger partial charge in [-0.1, -0.05) is 5.16 Å². The monoisotopic (exact) mass is 261 g/mol. The van der Waals surface area contributed by atoms with Crippen LogP contribution in [0.5, 0.6) is 5.75 Å². The van der Waals surface area contributed by atoms with Crippen LogP contribution in [0.4, 0.5) is 0 Å². The zero-order valence-electron chi connectivity index (χ0n) is 11.1. The molecule has 1 aromatic carbocycles. The molecule has 2 aromatic rings. The molecule has 0 fully saturated rings. The van der Waals surface area contributed by atoms with E-state index in [-0.39, 0.29) is 11.3 Å². The van der Waals surface area contributed by atoms with Gasteiger partial charge in [0.25, 0.3) is 0 Å². The SMILES string of the molecule is CCOc1cc(C)c(-c2oncc2C(=O)O)cc1C. The molecular weight excluding hydrogens is 246 g/mol. The summed E-state index contributed by atoms with van der Waals surface area (Å²) in [5.74, 6) is 0.0125. The van der Waals surface area contributed by atoms with Gasteiger partial charge in [-0.25, -0.2) is 4.79 Å². The summed E-state index contributed by atoms with van der Waals surface area (Å²) in [5, 5.41) is 12.7. The molecule has 0 aliphatic heterocycles. The lowest BCUT2D eigenvalue weighted by Gasteiger charge is -2.11. The normalized spacial score (nSPS) is 10.5. The molecule has 0 radical (unpaired) electrons. The number of benzene rings is 1. The lowest BCUT2D eigenvalue weighted by molar-refractivity contribution is 0.0697. The average molecular weight is 261 g/mol. The van der Waals surface area contributed by atoms with Gasteiger partial charge in [-0.15, -0.1) is 0 Å². The quantitative estimate of drug-likeness (QED) is 0.915. The summed E-state index contributed by atoms with van der Waals surface area (Å²) in [4.78, 5) is 11.1. The smallest absolute Gasteiger partial charge is 0.341 e. The summed E-state index contributed by atoms with van der Waals surface area (Å²) in [7, 11) is 0. The van der Waals surface area contributed by atoms with Crippen molar-refractivity contribution in [3.63, 3.8) is 0 Å². The highest BCUT2D eigenvalue weighted by molar-refractivity contribution is 5.94. The van der Waals surface area contributed by atoms with Gasteiger partial charge in [0.1, 0.15) is 11.3 Å². The maximum absolute atomic E-state index is 11.1. The minimum Gasteiger partial charge on any atom is -0.494 e. The van der Waals surface area contributed by atoms with Crippen molar-refractivity contribution in [3.8, 4) is 17.1 Å². The number of carboxylic acid groups (broad SMARTS) is 1. The maximum Gasteiger partial charge on any atom is 0.341 e. The van der Waals surface area contributed by atoms with E-state index >= 15 is 0 Å². The van der Waals surface area contributed by atoms with Gasteiger partial charge in [0, 0.05) is 5.56 Å². The van der Waals surface area contributed by atoms with Crippen molar-refractivity contribution in [2.45, 2.75) is 20.8 Å². The molecule has 0 unspecified atom stereocenters. The first-order chi connectivity index (χ1) is 9.04. The summed E-state index contributed by atoms with van der Waals surface area (Å²) >= 11 is 0. The van der Waals surface area contributed by atoms with Crippen LogP contribution in [0.1, 0.15) is 28.4 Å². The Morgan fingerprint density at radius 3 is 2.74 bits per heavy atom. The Morgan fingerprint density at radius 2 is 2.11 bits per heavy atom. The molecule has 0 atom stereocenters. The minimum atomic E-state index is -1.05. The number of nitrogens with zero attached hydrogens (tertiary/aromatic N) is 1. The average Bonchev–Trinajstić information content (AvgIpc) is 2.82. The van der Waals surface area contributed by atoms with Crippen LogP contribution in [-0.4, -0.2) is 22.8 Å². The van der Waals surface area contributed by atoms with Gasteiger partial charge < -0.3 is 14.4 Å². The molecule has 0 saturated carbocycles. The predicted molar refractivity (Wildman–Crippen MR) is 69.5 cm³/mol. The summed E-state index contributed by atoms with van der Waals surface area (Å²) in [6.45, 7) is 6.29. The van der Waals surface area contributed by atoms with Crippen molar-refractivity contribution < 1.29 is 19.2 Å². The molecule has 0 saturated heterocycles. The molecule has 2 rings (SSSR count). The number of carboxylic acids is 1. The summed E-state index contributed by atoms with van der Waals surface area (Å²) in [6, 6.07) is 3.73. The summed E-state index contributed by atoms with van der Waals surface area (Å²) in [5.41, 5.74) is 2.59. The van der Waals surface area contributed by atoms with Gasteiger partial charge in [-0.3, -0.25) is 0 Å². The standard InChI is InChI=1S/C14H15NO4/c1-4-18-12-6-8(2)10(5-9(12)3)13-11(14(16)17)7-15-19-13/h5-7H,4H2,1-3H3,(H,16,17). The van der Waals surface area contributed by atoms with Crippen molar-refractivity contribution >= 4 is 5.97 Å². The van der Waals surface area contributed by atoms with E-state index < -0.39 is 5.97 Å². The van der Waals surface area contributed by atoms with Crippen LogP contribution in [0.3, 0.4) is 0 Å². The van der Waals surface area contributed by atoms with E-state index in [2.05, 4.69) is 5.16 Å². The fraction of sp³-hybridized carbons (Fsp3) is 0.286. The number of aromatic nitrogens is 1. The number of ether oxygens (including phenoxy) is 1. The third-order valence-corrected chi connectivity index (χ3v) is 2.87. The second-order valence-electron chi connectivity index (χ2n) is 4.24. The third kappa shape index (κ3) is 2.45.